The molecular weight excluding hydrogens is 469 g/mol. The highest BCUT2D eigenvalue weighted by Crippen LogP contribution is 2.37. The summed E-state index contributed by atoms with van der Waals surface area (Å²) in [7, 11) is -3.18. The van der Waals surface area contributed by atoms with Crippen molar-refractivity contribution >= 4 is 38.1 Å². The summed E-state index contributed by atoms with van der Waals surface area (Å²) in [6.45, 7) is 4.76. The number of halogens is 1. The number of nitrogens with one attached hydrogen (secondary N) is 2. The third-order valence-corrected chi connectivity index (χ3v) is 7.74. The first-order chi connectivity index (χ1) is 16.7. The minimum atomic E-state index is -3.18. The van der Waals surface area contributed by atoms with E-state index >= 15 is 4.39 Å². The number of ether oxygens (including phenoxy) is 1. The molecule has 2 N–H and O–H groups in total. The number of sulfone groups is 1. The maximum absolute atomic E-state index is 15.1. The van der Waals surface area contributed by atoms with Gasteiger partial charge in [0.25, 0.3) is 0 Å². The van der Waals surface area contributed by atoms with Gasteiger partial charge >= 0.3 is 0 Å². The molecule has 0 saturated carbocycles. The van der Waals surface area contributed by atoms with E-state index in [1.54, 1.807) is 49.6 Å². The Morgan fingerprint density at radius 1 is 1.11 bits per heavy atom. The number of nitrogens with zero attached hydrogens (tertiary/aromatic N) is 3. The van der Waals surface area contributed by atoms with Crippen molar-refractivity contribution in [3.8, 4) is 17.0 Å². The Morgan fingerprint density at radius 3 is 2.63 bits per heavy atom. The fourth-order valence-corrected chi connectivity index (χ4v) is 4.68. The second kappa shape index (κ2) is 8.77. The van der Waals surface area contributed by atoms with Crippen molar-refractivity contribution in [2.45, 2.75) is 19.1 Å². The molecule has 2 aromatic heterocycles. The van der Waals surface area contributed by atoms with E-state index < -0.39 is 15.1 Å². The Kier molecular flexibility index (Phi) is 5.76. The smallest absolute Gasteiger partial charge is 0.237 e. The van der Waals surface area contributed by atoms with Crippen molar-refractivity contribution in [3.05, 3.63) is 65.7 Å². The molecule has 0 radical (unpaired) electrons. The van der Waals surface area contributed by atoms with Crippen LogP contribution in [0, 0.1) is 12.7 Å². The number of aromatic nitrogens is 3. The van der Waals surface area contributed by atoms with Crippen molar-refractivity contribution < 1.29 is 17.5 Å². The van der Waals surface area contributed by atoms with Gasteiger partial charge in [-0.25, -0.2) is 27.8 Å². The first-order valence-electron chi connectivity index (χ1n) is 11.1. The highest BCUT2D eigenvalue weighted by molar-refractivity contribution is 7.90. The topological polar surface area (TPSA) is 106 Å². The lowest BCUT2D eigenvalue weighted by atomic mass is 9.99. The van der Waals surface area contributed by atoms with Crippen LogP contribution >= 0.6 is 0 Å². The minimum absolute atomic E-state index is 0.342. The number of pyridine rings is 1. The van der Waals surface area contributed by atoms with Crippen molar-refractivity contribution in [2.75, 3.05) is 30.0 Å². The fourth-order valence-electron chi connectivity index (χ4n) is 4.02. The van der Waals surface area contributed by atoms with Crippen molar-refractivity contribution in [1.82, 2.24) is 15.0 Å². The third-order valence-electron chi connectivity index (χ3n) is 6.18. The quantitative estimate of drug-likeness (QED) is 0.409. The molecule has 1 aliphatic heterocycles. The Hall–Kier alpha value is -3.79. The Bertz CT molecular complexity index is 1540. The highest BCUT2D eigenvalue weighted by Gasteiger charge is 2.20. The molecular formula is C25H24FN5O3S. The molecule has 1 atom stereocenters. The standard InChI is InChI=1S/C25H24FN5O3S/c1-14-20(13-28-24-23(14)27-8-9-34-24)19-11-22-17(10-21(19)26)12-29-25(31-22)30-18-6-4-16(5-7-18)15(2)35(3,32)33/h4-7,10-13,15,27H,8-9H2,1-3H3,(H,29,30,31)/t15-/m1/s1. The maximum Gasteiger partial charge on any atom is 0.237 e. The van der Waals surface area contributed by atoms with Gasteiger partial charge in [-0.3, -0.25) is 0 Å². The van der Waals surface area contributed by atoms with Crippen LogP contribution in [0.5, 0.6) is 5.88 Å². The van der Waals surface area contributed by atoms with Gasteiger partial charge in [0.15, 0.2) is 9.84 Å². The van der Waals surface area contributed by atoms with Gasteiger partial charge in [0, 0.05) is 47.4 Å². The summed E-state index contributed by atoms with van der Waals surface area (Å²) in [5, 5.41) is 6.37. The van der Waals surface area contributed by atoms with Crippen LogP contribution in [0.4, 0.5) is 21.7 Å². The molecule has 10 heteroatoms. The zero-order valence-electron chi connectivity index (χ0n) is 19.5. The van der Waals surface area contributed by atoms with Gasteiger partial charge in [0.05, 0.1) is 10.8 Å². The molecule has 8 nitrogen and oxygen atoms in total. The number of rotatable bonds is 5. The van der Waals surface area contributed by atoms with Crippen molar-refractivity contribution in [2.24, 2.45) is 0 Å². The second-order valence-corrected chi connectivity index (χ2v) is 10.9. The third kappa shape index (κ3) is 4.49. The maximum atomic E-state index is 15.1. The summed E-state index contributed by atoms with van der Waals surface area (Å²) in [5.41, 5.74) is 4.65. The molecule has 2 aromatic carbocycles. The summed E-state index contributed by atoms with van der Waals surface area (Å²) >= 11 is 0. The number of hydrogen-bond donors (Lipinski definition) is 2. The highest BCUT2D eigenvalue weighted by atomic mass is 32.2. The zero-order chi connectivity index (χ0) is 24.7. The van der Waals surface area contributed by atoms with E-state index in [1.165, 1.54) is 12.3 Å². The fraction of sp³-hybridized carbons (Fsp3) is 0.240. The zero-order valence-corrected chi connectivity index (χ0v) is 20.3. The molecule has 35 heavy (non-hydrogen) atoms. The van der Waals surface area contributed by atoms with Crippen molar-refractivity contribution in [3.63, 3.8) is 0 Å². The van der Waals surface area contributed by atoms with Gasteiger partial charge in [0.2, 0.25) is 11.8 Å². The van der Waals surface area contributed by atoms with E-state index in [0.29, 0.717) is 58.3 Å². The van der Waals surface area contributed by atoms with E-state index in [9.17, 15) is 8.42 Å². The lowest BCUT2D eigenvalue weighted by molar-refractivity contribution is 0.310. The van der Waals surface area contributed by atoms with E-state index in [4.69, 9.17) is 4.74 Å². The van der Waals surface area contributed by atoms with Crippen LogP contribution in [0.3, 0.4) is 0 Å². The molecule has 0 aliphatic carbocycles. The van der Waals surface area contributed by atoms with Gasteiger partial charge in [-0.1, -0.05) is 12.1 Å². The molecule has 180 valence electrons. The van der Waals surface area contributed by atoms with Gasteiger partial charge in [-0.05, 0) is 49.2 Å². The first kappa shape index (κ1) is 23.0. The Morgan fingerprint density at radius 2 is 1.89 bits per heavy atom. The van der Waals surface area contributed by atoms with E-state index in [0.717, 1.165) is 11.3 Å². The summed E-state index contributed by atoms with van der Waals surface area (Å²) in [6, 6.07) is 10.2. The van der Waals surface area contributed by atoms with Crippen LogP contribution < -0.4 is 15.4 Å². The van der Waals surface area contributed by atoms with E-state index in [1.807, 2.05) is 6.92 Å². The van der Waals surface area contributed by atoms with Gasteiger partial charge in [-0.2, -0.15) is 0 Å². The van der Waals surface area contributed by atoms with Crippen LogP contribution in [0.2, 0.25) is 0 Å². The first-order valence-corrected chi connectivity index (χ1v) is 13.0. The average Bonchev–Trinajstić information content (AvgIpc) is 2.84. The molecule has 1 aliphatic rings. The lowest BCUT2D eigenvalue weighted by Crippen LogP contribution is -2.20. The largest absolute Gasteiger partial charge is 0.474 e. The SMILES string of the molecule is Cc1c(-c2cc3nc(Nc4ccc([C@@H](C)S(C)(=O)=O)cc4)ncc3cc2F)cnc2c1NCCO2. The van der Waals surface area contributed by atoms with Gasteiger partial charge in [-0.15, -0.1) is 0 Å². The molecule has 4 aromatic rings. The molecule has 5 rings (SSSR count). The van der Waals surface area contributed by atoms with E-state index in [-0.39, 0.29) is 5.82 Å². The van der Waals surface area contributed by atoms with Crippen LogP contribution in [0.1, 0.15) is 23.3 Å². The Balaban J connectivity index is 1.46. The van der Waals surface area contributed by atoms with Crippen LogP contribution in [0.15, 0.2) is 48.8 Å². The van der Waals surface area contributed by atoms with Crippen molar-refractivity contribution in [1.29, 1.82) is 0 Å². The second-order valence-electron chi connectivity index (χ2n) is 8.56. The summed E-state index contributed by atoms with van der Waals surface area (Å²) in [6.07, 6.45) is 4.39. The van der Waals surface area contributed by atoms with Crippen LogP contribution in [0.25, 0.3) is 22.0 Å². The molecule has 0 unspecified atom stereocenters. The van der Waals surface area contributed by atoms with E-state index in [2.05, 4.69) is 25.6 Å². The van der Waals surface area contributed by atoms with Crippen LogP contribution in [-0.2, 0) is 9.84 Å². The normalized spacial score (nSPS) is 14.1. The summed E-state index contributed by atoms with van der Waals surface area (Å²) < 4.78 is 44.2. The van der Waals surface area contributed by atoms with Crippen LogP contribution in [-0.4, -0.2) is 42.8 Å². The average molecular weight is 494 g/mol. The monoisotopic (exact) mass is 493 g/mol. The Labute approximate surface area is 202 Å². The minimum Gasteiger partial charge on any atom is -0.474 e. The molecule has 3 heterocycles. The molecule has 0 bridgehead atoms. The molecule has 0 amide bonds. The van der Waals surface area contributed by atoms with Gasteiger partial charge in [0.1, 0.15) is 18.1 Å². The number of hydrogen-bond acceptors (Lipinski definition) is 8. The predicted molar refractivity (Wildman–Crippen MR) is 134 cm³/mol. The number of fused-ring (bicyclic) bond motifs is 2. The molecule has 0 spiro atoms. The van der Waals surface area contributed by atoms with Gasteiger partial charge < -0.3 is 15.4 Å². The molecule has 0 fully saturated rings. The summed E-state index contributed by atoms with van der Waals surface area (Å²) in [5.74, 6) is 0.470. The predicted octanol–water partition coefficient (Wildman–Crippen LogP) is 4.79. The number of benzene rings is 2. The number of anilines is 3. The summed E-state index contributed by atoms with van der Waals surface area (Å²) in [4.78, 5) is 13.2. The lowest BCUT2D eigenvalue weighted by Gasteiger charge is -2.21. The molecule has 0 saturated heterocycles.